The molecule has 0 unspecified atom stereocenters. The van der Waals surface area contributed by atoms with E-state index in [0.29, 0.717) is 11.6 Å². The maximum absolute atomic E-state index is 12.3. The van der Waals surface area contributed by atoms with E-state index in [4.69, 9.17) is 0 Å². The van der Waals surface area contributed by atoms with Crippen molar-refractivity contribution >= 4 is 21.7 Å². The topological polar surface area (TPSA) is 84.0 Å². The largest absolute Gasteiger partial charge is 0.372 e. The maximum atomic E-state index is 12.3. The summed E-state index contributed by atoms with van der Waals surface area (Å²) in [5.41, 5.74) is 0.751. The van der Waals surface area contributed by atoms with E-state index in [0.717, 1.165) is 5.56 Å². The van der Waals surface area contributed by atoms with Gasteiger partial charge in [-0.05, 0) is 30.7 Å². The third-order valence-electron chi connectivity index (χ3n) is 2.54. The summed E-state index contributed by atoms with van der Waals surface area (Å²) in [5.74, 6) is 0.608. The quantitative estimate of drug-likeness (QED) is 0.888. The van der Waals surface area contributed by atoms with Crippen LogP contribution in [0.5, 0.6) is 0 Å². The number of aryl methyl sites for hydroxylation is 1. The third kappa shape index (κ3) is 2.82. The Morgan fingerprint density at radius 2 is 1.68 bits per heavy atom. The zero-order chi connectivity index (χ0) is 13.9. The van der Waals surface area contributed by atoms with Crippen molar-refractivity contribution in [3.63, 3.8) is 0 Å². The van der Waals surface area contributed by atoms with Gasteiger partial charge < -0.3 is 5.32 Å². The van der Waals surface area contributed by atoms with Gasteiger partial charge in [0.2, 0.25) is 0 Å². The molecule has 0 bridgehead atoms. The van der Waals surface area contributed by atoms with Gasteiger partial charge in [0, 0.05) is 19.4 Å². The highest BCUT2D eigenvalue weighted by Crippen LogP contribution is 2.21. The van der Waals surface area contributed by atoms with Crippen LogP contribution >= 0.6 is 0 Å². The minimum atomic E-state index is -3.72. The smallest absolute Gasteiger partial charge is 0.266 e. The van der Waals surface area contributed by atoms with Gasteiger partial charge in [0.25, 0.3) is 10.0 Å². The average molecular weight is 278 g/mol. The highest BCUT2D eigenvalue weighted by atomic mass is 32.2. The molecule has 0 amide bonds. The Hall–Kier alpha value is -2.15. The van der Waals surface area contributed by atoms with Crippen molar-refractivity contribution in [2.45, 2.75) is 11.8 Å². The van der Waals surface area contributed by atoms with Crippen LogP contribution in [0.1, 0.15) is 5.56 Å². The molecule has 0 saturated carbocycles. The Bertz CT molecular complexity index is 686. The average Bonchev–Trinajstić information content (AvgIpc) is 2.41. The molecule has 2 rings (SSSR count). The number of nitrogens with zero attached hydrogens (tertiary/aromatic N) is 2. The Morgan fingerprint density at radius 1 is 1.05 bits per heavy atom. The predicted octanol–water partition coefficient (Wildman–Crippen LogP) is 1.63. The van der Waals surface area contributed by atoms with Crippen LogP contribution in [0.4, 0.5) is 11.6 Å². The fourth-order valence-corrected chi connectivity index (χ4v) is 2.82. The summed E-state index contributed by atoms with van der Waals surface area (Å²) in [7, 11) is -2.10. The van der Waals surface area contributed by atoms with Crippen molar-refractivity contribution < 1.29 is 8.42 Å². The Labute approximate surface area is 112 Å². The number of sulfonamides is 1. The van der Waals surface area contributed by atoms with Crippen LogP contribution in [0.15, 0.2) is 41.6 Å². The molecule has 0 aromatic carbocycles. The lowest BCUT2D eigenvalue weighted by molar-refractivity contribution is 0.601. The lowest BCUT2D eigenvalue weighted by Gasteiger charge is -2.11. The summed E-state index contributed by atoms with van der Waals surface area (Å²) in [6.07, 6.45) is 3.06. The Kier molecular flexibility index (Phi) is 3.66. The molecule has 6 nitrogen and oxygen atoms in total. The summed E-state index contributed by atoms with van der Waals surface area (Å²) in [6, 6.07) is 6.59. The number of nitrogens with one attached hydrogen (secondary N) is 2. The van der Waals surface area contributed by atoms with Crippen LogP contribution < -0.4 is 10.0 Å². The van der Waals surface area contributed by atoms with Gasteiger partial charge in [-0.1, -0.05) is 6.07 Å². The lowest BCUT2D eigenvalue weighted by Crippen LogP contribution is -2.16. The van der Waals surface area contributed by atoms with E-state index in [2.05, 4.69) is 20.0 Å². The second-order valence-corrected chi connectivity index (χ2v) is 5.53. The zero-order valence-electron chi connectivity index (χ0n) is 10.6. The van der Waals surface area contributed by atoms with Crippen LogP contribution in [0, 0.1) is 6.92 Å². The van der Waals surface area contributed by atoms with Crippen LogP contribution in [0.25, 0.3) is 0 Å². The van der Waals surface area contributed by atoms with E-state index >= 15 is 0 Å². The van der Waals surface area contributed by atoms with Crippen LogP contribution in [-0.4, -0.2) is 25.4 Å². The number of anilines is 2. The zero-order valence-corrected chi connectivity index (χ0v) is 11.4. The minimum Gasteiger partial charge on any atom is -0.372 e. The van der Waals surface area contributed by atoms with Crippen molar-refractivity contribution in [2.75, 3.05) is 17.1 Å². The van der Waals surface area contributed by atoms with Gasteiger partial charge in [-0.2, -0.15) is 0 Å². The van der Waals surface area contributed by atoms with Gasteiger partial charge in [0.1, 0.15) is 16.5 Å². The molecule has 2 N–H and O–H groups in total. The fourth-order valence-electron chi connectivity index (χ4n) is 1.57. The number of hydrogen-bond acceptors (Lipinski definition) is 5. The molecule has 0 atom stereocenters. The molecule has 19 heavy (non-hydrogen) atoms. The first-order valence-electron chi connectivity index (χ1n) is 5.62. The molecule has 2 aromatic heterocycles. The van der Waals surface area contributed by atoms with Gasteiger partial charge in [-0.15, -0.1) is 0 Å². The molecular formula is C12H14N4O2S. The molecule has 0 radical (unpaired) electrons. The summed E-state index contributed by atoms with van der Waals surface area (Å²) >= 11 is 0. The normalized spacial score (nSPS) is 11.1. The monoisotopic (exact) mass is 278 g/mol. The van der Waals surface area contributed by atoms with Gasteiger partial charge in [0.15, 0.2) is 0 Å². The highest BCUT2D eigenvalue weighted by Gasteiger charge is 2.19. The van der Waals surface area contributed by atoms with Gasteiger partial charge in [-0.3, -0.25) is 4.72 Å². The van der Waals surface area contributed by atoms with E-state index in [9.17, 15) is 8.42 Å². The summed E-state index contributed by atoms with van der Waals surface area (Å²) < 4.78 is 27.1. The van der Waals surface area contributed by atoms with Crippen molar-refractivity contribution in [3.05, 3.63) is 42.2 Å². The standard InChI is InChI=1S/C12H14N4O2S/c1-9-5-3-7-14-11(9)16-19(17,18)10-6-4-8-15-12(10)13-2/h3-8H,1-2H3,(H,13,15)(H,14,16). The van der Waals surface area contributed by atoms with Crippen LogP contribution in [-0.2, 0) is 10.0 Å². The molecule has 100 valence electrons. The van der Waals surface area contributed by atoms with E-state index in [1.54, 1.807) is 32.2 Å². The SMILES string of the molecule is CNc1ncccc1S(=O)(=O)Nc1ncccc1C. The van der Waals surface area contributed by atoms with E-state index in [1.807, 2.05) is 0 Å². The van der Waals surface area contributed by atoms with E-state index in [1.165, 1.54) is 18.5 Å². The highest BCUT2D eigenvalue weighted by molar-refractivity contribution is 7.92. The maximum Gasteiger partial charge on any atom is 0.266 e. The summed E-state index contributed by atoms with van der Waals surface area (Å²) in [6.45, 7) is 1.78. The van der Waals surface area contributed by atoms with Gasteiger partial charge >= 0.3 is 0 Å². The van der Waals surface area contributed by atoms with Crippen molar-refractivity contribution in [1.29, 1.82) is 0 Å². The fraction of sp³-hybridized carbons (Fsp3) is 0.167. The molecule has 0 aliphatic carbocycles. The van der Waals surface area contributed by atoms with Crippen molar-refractivity contribution in [3.8, 4) is 0 Å². The molecule has 0 aliphatic rings. The number of hydrogen-bond donors (Lipinski definition) is 2. The lowest BCUT2D eigenvalue weighted by atomic mass is 10.3. The van der Waals surface area contributed by atoms with Crippen LogP contribution in [0.2, 0.25) is 0 Å². The Morgan fingerprint density at radius 3 is 2.32 bits per heavy atom. The van der Waals surface area contributed by atoms with Crippen LogP contribution in [0.3, 0.4) is 0 Å². The number of pyridine rings is 2. The second kappa shape index (κ2) is 5.23. The molecule has 7 heteroatoms. The summed E-state index contributed by atoms with van der Waals surface area (Å²) in [4.78, 5) is 8.08. The number of rotatable bonds is 4. The number of aromatic nitrogens is 2. The Balaban J connectivity index is 2.41. The first kappa shape index (κ1) is 13.3. The van der Waals surface area contributed by atoms with E-state index < -0.39 is 10.0 Å². The van der Waals surface area contributed by atoms with Crippen molar-refractivity contribution in [1.82, 2.24) is 9.97 Å². The first-order valence-corrected chi connectivity index (χ1v) is 7.10. The van der Waals surface area contributed by atoms with E-state index in [-0.39, 0.29) is 4.90 Å². The molecule has 2 heterocycles. The molecule has 0 saturated heterocycles. The minimum absolute atomic E-state index is 0.0857. The van der Waals surface area contributed by atoms with Gasteiger partial charge in [-0.25, -0.2) is 18.4 Å². The first-order chi connectivity index (χ1) is 9.04. The molecule has 0 spiro atoms. The molecule has 0 fully saturated rings. The second-order valence-electron chi connectivity index (χ2n) is 3.87. The third-order valence-corrected chi connectivity index (χ3v) is 3.91. The summed E-state index contributed by atoms with van der Waals surface area (Å²) in [5, 5.41) is 2.75. The molecule has 0 aliphatic heterocycles. The van der Waals surface area contributed by atoms with Gasteiger partial charge in [0.05, 0.1) is 0 Å². The van der Waals surface area contributed by atoms with Crippen molar-refractivity contribution in [2.24, 2.45) is 0 Å². The molecule has 2 aromatic rings. The molecular weight excluding hydrogens is 264 g/mol. The predicted molar refractivity (Wildman–Crippen MR) is 73.6 cm³/mol.